The third-order valence-corrected chi connectivity index (χ3v) is 5.93. The van der Waals surface area contributed by atoms with Gasteiger partial charge in [0.15, 0.2) is 0 Å². The molecule has 146 valence electrons. The quantitative estimate of drug-likeness (QED) is 0.786. The van der Waals surface area contributed by atoms with Crippen molar-refractivity contribution in [3.63, 3.8) is 0 Å². The van der Waals surface area contributed by atoms with E-state index in [0.29, 0.717) is 25.6 Å². The fourth-order valence-electron chi connectivity index (χ4n) is 3.98. The van der Waals surface area contributed by atoms with Crippen molar-refractivity contribution in [2.75, 3.05) is 31.6 Å². The molecule has 0 spiro atoms. The fourth-order valence-corrected chi connectivity index (χ4v) is 3.98. The van der Waals surface area contributed by atoms with Crippen LogP contribution in [0.3, 0.4) is 0 Å². The van der Waals surface area contributed by atoms with Crippen molar-refractivity contribution >= 4 is 17.5 Å². The number of aromatic nitrogens is 3. The van der Waals surface area contributed by atoms with Crippen molar-refractivity contribution in [2.24, 2.45) is 5.92 Å². The standard InChI is InChI=1S/C20H23N5O3/c1-28-17-6-4-15(5-7-17)24-9-14(8-19(24)26)20(27)23-10-16(11-23)25-12-18(21-22-25)13-2-3-13/h4-7,12-14,16H,2-3,8-11H2,1H3. The van der Waals surface area contributed by atoms with Gasteiger partial charge in [-0.25, -0.2) is 4.68 Å². The van der Waals surface area contributed by atoms with Crippen LogP contribution in [0.15, 0.2) is 30.5 Å². The molecule has 3 aliphatic rings. The van der Waals surface area contributed by atoms with Crippen molar-refractivity contribution in [3.8, 4) is 5.75 Å². The highest BCUT2D eigenvalue weighted by Crippen LogP contribution is 2.39. The van der Waals surface area contributed by atoms with E-state index in [9.17, 15) is 9.59 Å². The number of likely N-dealkylation sites (tertiary alicyclic amines) is 1. The van der Waals surface area contributed by atoms with Crippen LogP contribution in [0, 0.1) is 5.92 Å². The van der Waals surface area contributed by atoms with Crippen LogP contribution < -0.4 is 9.64 Å². The van der Waals surface area contributed by atoms with E-state index < -0.39 is 0 Å². The number of benzene rings is 1. The molecule has 5 rings (SSSR count). The first-order chi connectivity index (χ1) is 13.6. The van der Waals surface area contributed by atoms with E-state index in [4.69, 9.17) is 4.74 Å². The first kappa shape index (κ1) is 17.2. The van der Waals surface area contributed by atoms with Gasteiger partial charge in [0, 0.05) is 43.9 Å². The molecule has 3 fully saturated rings. The van der Waals surface area contributed by atoms with E-state index in [0.717, 1.165) is 17.1 Å². The van der Waals surface area contributed by atoms with Gasteiger partial charge in [0.05, 0.1) is 24.8 Å². The monoisotopic (exact) mass is 381 g/mol. The van der Waals surface area contributed by atoms with E-state index in [1.807, 2.05) is 40.0 Å². The number of rotatable bonds is 5. The second-order valence-electron chi connectivity index (χ2n) is 7.90. The Bertz CT molecular complexity index is 899. The Morgan fingerprint density at radius 2 is 1.89 bits per heavy atom. The summed E-state index contributed by atoms with van der Waals surface area (Å²) in [4.78, 5) is 28.8. The van der Waals surface area contributed by atoms with Crippen LogP contribution in [-0.2, 0) is 9.59 Å². The molecule has 8 nitrogen and oxygen atoms in total. The zero-order valence-corrected chi connectivity index (χ0v) is 15.8. The minimum atomic E-state index is -0.284. The largest absolute Gasteiger partial charge is 0.497 e. The SMILES string of the molecule is COc1ccc(N2CC(C(=O)N3CC(n4cc(C5CC5)nn4)C3)CC2=O)cc1. The maximum absolute atomic E-state index is 12.8. The third kappa shape index (κ3) is 3.02. The Morgan fingerprint density at radius 3 is 2.57 bits per heavy atom. The Labute approximate surface area is 163 Å². The molecule has 2 aliphatic heterocycles. The zero-order valence-electron chi connectivity index (χ0n) is 15.8. The molecule has 1 aliphatic carbocycles. The lowest BCUT2D eigenvalue weighted by molar-refractivity contribution is -0.141. The predicted molar refractivity (Wildman–Crippen MR) is 101 cm³/mol. The highest BCUT2D eigenvalue weighted by atomic mass is 16.5. The van der Waals surface area contributed by atoms with Crippen molar-refractivity contribution in [3.05, 3.63) is 36.2 Å². The minimum absolute atomic E-state index is 0.00839. The first-order valence-corrected chi connectivity index (χ1v) is 9.77. The van der Waals surface area contributed by atoms with Crippen molar-refractivity contribution in [1.29, 1.82) is 0 Å². The Balaban J connectivity index is 1.18. The number of hydrogen-bond acceptors (Lipinski definition) is 5. The number of carbonyl (C=O) groups is 2. The van der Waals surface area contributed by atoms with E-state index in [2.05, 4.69) is 10.3 Å². The van der Waals surface area contributed by atoms with E-state index in [-0.39, 0.29) is 30.2 Å². The molecule has 1 atom stereocenters. The lowest BCUT2D eigenvalue weighted by Gasteiger charge is -2.40. The number of methoxy groups -OCH3 is 1. The van der Waals surface area contributed by atoms with Gasteiger partial charge in [-0.3, -0.25) is 9.59 Å². The van der Waals surface area contributed by atoms with Crippen molar-refractivity contribution in [2.45, 2.75) is 31.2 Å². The molecule has 28 heavy (non-hydrogen) atoms. The van der Waals surface area contributed by atoms with Gasteiger partial charge < -0.3 is 14.5 Å². The van der Waals surface area contributed by atoms with Crippen LogP contribution in [0.1, 0.15) is 36.9 Å². The lowest BCUT2D eigenvalue weighted by Crippen LogP contribution is -2.53. The molecule has 1 saturated carbocycles. The molecule has 1 aromatic carbocycles. The van der Waals surface area contributed by atoms with Gasteiger partial charge in [-0.1, -0.05) is 5.21 Å². The van der Waals surface area contributed by atoms with Gasteiger partial charge >= 0.3 is 0 Å². The topological polar surface area (TPSA) is 80.6 Å². The first-order valence-electron chi connectivity index (χ1n) is 9.77. The molecule has 0 radical (unpaired) electrons. The fraction of sp³-hybridized carbons (Fsp3) is 0.500. The molecule has 0 bridgehead atoms. The second kappa shape index (κ2) is 6.61. The van der Waals surface area contributed by atoms with Gasteiger partial charge in [-0.05, 0) is 37.1 Å². The Kier molecular flexibility index (Phi) is 4.07. The zero-order chi connectivity index (χ0) is 19.3. The number of carbonyl (C=O) groups excluding carboxylic acids is 2. The Morgan fingerprint density at radius 1 is 1.14 bits per heavy atom. The van der Waals surface area contributed by atoms with Gasteiger partial charge in [-0.2, -0.15) is 0 Å². The van der Waals surface area contributed by atoms with Crippen LogP contribution in [0.25, 0.3) is 0 Å². The molecule has 3 heterocycles. The second-order valence-corrected chi connectivity index (χ2v) is 7.90. The molecule has 0 N–H and O–H groups in total. The average Bonchev–Trinajstić information content (AvgIpc) is 3.29. The maximum Gasteiger partial charge on any atom is 0.228 e. The number of hydrogen-bond donors (Lipinski definition) is 0. The van der Waals surface area contributed by atoms with Gasteiger partial charge in [0.2, 0.25) is 11.8 Å². The number of nitrogens with zero attached hydrogens (tertiary/aromatic N) is 5. The van der Waals surface area contributed by atoms with E-state index >= 15 is 0 Å². The number of anilines is 1. The van der Waals surface area contributed by atoms with E-state index in [1.54, 1.807) is 12.0 Å². The summed E-state index contributed by atoms with van der Waals surface area (Å²) in [5.41, 5.74) is 1.87. The van der Waals surface area contributed by atoms with Crippen molar-refractivity contribution in [1.82, 2.24) is 19.9 Å². The summed E-state index contributed by atoms with van der Waals surface area (Å²) in [5.74, 6) is 1.09. The maximum atomic E-state index is 12.8. The summed E-state index contributed by atoms with van der Waals surface area (Å²) in [6.07, 6.45) is 4.69. The molecule has 1 aromatic heterocycles. The smallest absolute Gasteiger partial charge is 0.228 e. The molecule has 1 unspecified atom stereocenters. The molecular formula is C20H23N5O3. The number of ether oxygens (including phenoxy) is 1. The van der Waals surface area contributed by atoms with Gasteiger partial charge in [0.1, 0.15) is 5.75 Å². The van der Waals surface area contributed by atoms with Crippen molar-refractivity contribution < 1.29 is 14.3 Å². The van der Waals surface area contributed by atoms with Gasteiger partial charge in [0.25, 0.3) is 0 Å². The molecule has 2 saturated heterocycles. The summed E-state index contributed by atoms with van der Waals surface area (Å²) in [6, 6.07) is 7.55. The molecular weight excluding hydrogens is 358 g/mol. The summed E-state index contributed by atoms with van der Waals surface area (Å²) < 4.78 is 7.05. The van der Waals surface area contributed by atoms with Gasteiger partial charge in [-0.15, -0.1) is 5.10 Å². The van der Waals surface area contributed by atoms with Crippen LogP contribution in [-0.4, -0.2) is 58.5 Å². The summed E-state index contributed by atoms with van der Waals surface area (Å²) in [7, 11) is 1.61. The summed E-state index contributed by atoms with van der Waals surface area (Å²) >= 11 is 0. The predicted octanol–water partition coefficient (Wildman–Crippen LogP) is 1.60. The molecule has 2 aromatic rings. The summed E-state index contributed by atoms with van der Waals surface area (Å²) in [6.45, 7) is 1.71. The molecule has 8 heteroatoms. The van der Waals surface area contributed by atoms with Crippen LogP contribution in [0.5, 0.6) is 5.75 Å². The Hall–Kier alpha value is -2.90. The highest BCUT2D eigenvalue weighted by Gasteiger charge is 2.41. The van der Waals surface area contributed by atoms with Crippen LogP contribution in [0.2, 0.25) is 0 Å². The van der Waals surface area contributed by atoms with Crippen LogP contribution in [0.4, 0.5) is 5.69 Å². The average molecular weight is 381 g/mol. The normalized spacial score (nSPS) is 22.5. The highest BCUT2D eigenvalue weighted by molar-refractivity contribution is 6.00. The lowest BCUT2D eigenvalue weighted by atomic mass is 10.0. The van der Waals surface area contributed by atoms with E-state index in [1.165, 1.54) is 12.8 Å². The number of amides is 2. The third-order valence-electron chi connectivity index (χ3n) is 5.93. The summed E-state index contributed by atoms with van der Waals surface area (Å²) in [5, 5.41) is 8.47. The molecule has 2 amide bonds. The minimum Gasteiger partial charge on any atom is -0.497 e. The van der Waals surface area contributed by atoms with Crippen LogP contribution >= 0.6 is 0 Å².